The lowest BCUT2D eigenvalue weighted by molar-refractivity contribution is -0.359. The molecule has 0 spiro atoms. The third-order valence-electron chi connectivity index (χ3n) is 11.0. The highest BCUT2D eigenvalue weighted by Gasteiger charge is 2.52. The van der Waals surface area contributed by atoms with Gasteiger partial charge in [0.15, 0.2) is 25.2 Å². The predicted molar refractivity (Wildman–Crippen MR) is 191 cm³/mol. The highest BCUT2D eigenvalue weighted by Crippen LogP contribution is 2.31. The van der Waals surface area contributed by atoms with E-state index in [2.05, 4.69) is 0 Å². The molecule has 58 heavy (non-hydrogen) atoms. The Hall–Kier alpha value is -0.880. The summed E-state index contributed by atoms with van der Waals surface area (Å²) in [6, 6.07) is 0. The molecule has 4 aliphatic rings. The van der Waals surface area contributed by atoms with Crippen LogP contribution in [0, 0.1) is 0 Å². The van der Waals surface area contributed by atoms with Crippen molar-refractivity contribution in [2.24, 2.45) is 0 Å². The van der Waals surface area contributed by atoms with Gasteiger partial charge in [0.1, 0.15) is 97.7 Å². The SMILES string of the molecule is OC[C@H]1O[C@H](O[C@H]2[C@H](O)[C@@H](O)[C@H](OCCCCCCCCCCCCO[C@@H]3O[C@H](CO)[C@@H](O[C@H]4O[C@H](CO)[C@@H](O)[C@H](O)[C@H]4O)[C@H](O)[C@H]3O)O[C@@H]2CO)[C@H](O)[C@@H](O)[C@@H]1O. The second-order valence-electron chi connectivity index (χ2n) is 15.3. The lowest BCUT2D eigenvalue weighted by Crippen LogP contribution is -2.64. The van der Waals surface area contributed by atoms with Crippen LogP contribution in [0.3, 0.4) is 0 Å². The number of aliphatic hydroxyl groups is 14. The van der Waals surface area contributed by atoms with Gasteiger partial charge in [-0.25, -0.2) is 0 Å². The first-order chi connectivity index (χ1) is 27.8. The molecule has 20 atom stereocenters. The van der Waals surface area contributed by atoms with E-state index in [1.807, 2.05) is 0 Å². The van der Waals surface area contributed by atoms with Gasteiger partial charge in [0.05, 0.1) is 26.4 Å². The maximum Gasteiger partial charge on any atom is 0.187 e. The van der Waals surface area contributed by atoms with Gasteiger partial charge >= 0.3 is 0 Å². The van der Waals surface area contributed by atoms with Crippen molar-refractivity contribution >= 4 is 0 Å². The maximum atomic E-state index is 10.7. The normalized spacial score (nSPS) is 43.8. The van der Waals surface area contributed by atoms with Crippen LogP contribution in [0.2, 0.25) is 0 Å². The van der Waals surface area contributed by atoms with Gasteiger partial charge < -0.3 is 109 Å². The summed E-state index contributed by atoms with van der Waals surface area (Å²) in [6.07, 6.45) is -21.1. The summed E-state index contributed by atoms with van der Waals surface area (Å²) in [5.41, 5.74) is 0. The summed E-state index contributed by atoms with van der Waals surface area (Å²) in [6.45, 7) is -2.24. The van der Waals surface area contributed by atoms with Gasteiger partial charge in [-0.1, -0.05) is 51.4 Å². The fourth-order valence-electron chi connectivity index (χ4n) is 7.40. The van der Waals surface area contributed by atoms with Crippen LogP contribution in [0.5, 0.6) is 0 Å². The third kappa shape index (κ3) is 12.8. The van der Waals surface area contributed by atoms with Crippen molar-refractivity contribution in [3.63, 3.8) is 0 Å². The average molecular weight is 851 g/mol. The minimum atomic E-state index is -1.75. The fourth-order valence-corrected chi connectivity index (χ4v) is 7.40. The van der Waals surface area contributed by atoms with Crippen LogP contribution in [-0.4, -0.2) is 234 Å². The molecule has 0 aliphatic carbocycles. The number of hydrogen-bond donors (Lipinski definition) is 14. The highest BCUT2D eigenvalue weighted by atomic mass is 16.8. The summed E-state index contributed by atoms with van der Waals surface area (Å²) in [5.74, 6) is 0. The number of aliphatic hydroxyl groups excluding tert-OH is 14. The van der Waals surface area contributed by atoms with Crippen LogP contribution in [0.25, 0.3) is 0 Å². The van der Waals surface area contributed by atoms with Crippen LogP contribution in [-0.2, 0) is 37.9 Å². The smallest absolute Gasteiger partial charge is 0.187 e. The lowest BCUT2D eigenvalue weighted by Gasteiger charge is -2.45. The summed E-state index contributed by atoms with van der Waals surface area (Å²) in [7, 11) is 0. The van der Waals surface area contributed by atoms with Crippen molar-refractivity contribution in [3.8, 4) is 0 Å². The summed E-state index contributed by atoms with van der Waals surface area (Å²) in [4.78, 5) is 0. The van der Waals surface area contributed by atoms with Crippen molar-refractivity contribution in [1.82, 2.24) is 0 Å². The summed E-state index contributed by atoms with van der Waals surface area (Å²) in [5, 5.41) is 142. The second kappa shape index (κ2) is 24.7. The van der Waals surface area contributed by atoms with Crippen molar-refractivity contribution in [3.05, 3.63) is 0 Å². The molecule has 0 saturated carbocycles. The Morgan fingerprint density at radius 2 is 0.569 bits per heavy atom. The molecule has 0 aromatic carbocycles. The van der Waals surface area contributed by atoms with Gasteiger partial charge in [0.25, 0.3) is 0 Å². The molecule has 0 aromatic heterocycles. The topological polar surface area (TPSA) is 357 Å². The zero-order chi connectivity index (χ0) is 42.5. The van der Waals surface area contributed by atoms with Crippen LogP contribution >= 0.6 is 0 Å². The minimum Gasteiger partial charge on any atom is -0.394 e. The van der Waals surface area contributed by atoms with Gasteiger partial charge in [-0.2, -0.15) is 0 Å². The molecular weight excluding hydrogens is 784 g/mol. The van der Waals surface area contributed by atoms with E-state index in [-0.39, 0.29) is 13.2 Å². The molecule has 22 heteroatoms. The first-order valence-corrected chi connectivity index (χ1v) is 20.2. The number of hydrogen-bond acceptors (Lipinski definition) is 22. The molecule has 4 aliphatic heterocycles. The van der Waals surface area contributed by atoms with Gasteiger partial charge in [0, 0.05) is 13.2 Å². The van der Waals surface area contributed by atoms with Gasteiger partial charge in [-0.15, -0.1) is 0 Å². The van der Waals surface area contributed by atoms with Crippen LogP contribution < -0.4 is 0 Å². The molecule has 342 valence electrons. The Labute approximate surface area is 336 Å². The quantitative estimate of drug-likeness (QED) is 0.0426. The number of unbranched alkanes of at least 4 members (excludes halogenated alkanes) is 9. The van der Waals surface area contributed by atoms with Gasteiger partial charge in [0.2, 0.25) is 0 Å². The third-order valence-corrected chi connectivity index (χ3v) is 11.0. The van der Waals surface area contributed by atoms with E-state index >= 15 is 0 Å². The largest absolute Gasteiger partial charge is 0.394 e. The van der Waals surface area contributed by atoms with Crippen molar-refractivity contribution in [1.29, 1.82) is 0 Å². The zero-order valence-corrected chi connectivity index (χ0v) is 32.4. The molecular formula is C36H66O22. The highest BCUT2D eigenvalue weighted by molar-refractivity contribution is 4.95. The molecule has 0 radical (unpaired) electrons. The summed E-state index contributed by atoms with van der Waals surface area (Å²) < 4.78 is 44.3. The van der Waals surface area contributed by atoms with Crippen LogP contribution in [0.15, 0.2) is 0 Å². The van der Waals surface area contributed by atoms with E-state index in [9.17, 15) is 71.5 Å². The van der Waals surface area contributed by atoms with Crippen LogP contribution in [0.1, 0.15) is 64.2 Å². The fraction of sp³-hybridized carbons (Fsp3) is 1.00. The molecule has 4 rings (SSSR count). The average Bonchev–Trinajstić information content (AvgIpc) is 3.22. The number of ether oxygens (including phenoxy) is 8. The molecule has 0 unspecified atom stereocenters. The zero-order valence-electron chi connectivity index (χ0n) is 32.4. The molecule has 4 fully saturated rings. The monoisotopic (exact) mass is 850 g/mol. The van der Waals surface area contributed by atoms with Crippen LogP contribution in [0.4, 0.5) is 0 Å². The van der Waals surface area contributed by atoms with E-state index in [0.29, 0.717) is 12.8 Å². The first-order valence-electron chi connectivity index (χ1n) is 20.2. The van der Waals surface area contributed by atoms with E-state index in [1.165, 1.54) is 0 Å². The predicted octanol–water partition coefficient (Wildman–Crippen LogP) is -5.83. The molecule has 0 aromatic rings. The molecule has 4 saturated heterocycles. The van der Waals surface area contributed by atoms with Gasteiger partial charge in [-0.3, -0.25) is 0 Å². The Morgan fingerprint density at radius 1 is 0.293 bits per heavy atom. The maximum absolute atomic E-state index is 10.7. The van der Waals surface area contributed by atoms with Gasteiger partial charge in [-0.05, 0) is 12.8 Å². The van der Waals surface area contributed by atoms with Crippen molar-refractivity contribution in [2.45, 2.75) is 187 Å². The van der Waals surface area contributed by atoms with E-state index in [0.717, 1.165) is 51.4 Å². The molecule has 14 N–H and O–H groups in total. The standard InChI is InChI=1S/C36H66O22/c37-13-17-21(41)23(43)27(47)35(53-17)57-31-19(15-39)55-33(29(49)25(31)45)51-11-9-7-5-3-1-2-4-6-8-10-12-52-34-30(50)26(46)32(20(16-40)56-34)58-36-28(48)24(44)22(42)18(14-38)54-36/h17-50H,1-16H2/t17-,18-,19-,20-,21-,22-,23+,24+,25-,26-,27-,28-,29-,30-,31-,32-,33-,34-,35-,36-/m1/s1. The van der Waals surface area contributed by atoms with Crippen molar-refractivity contribution in [2.75, 3.05) is 39.6 Å². The lowest BCUT2D eigenvalue weighted by atomic mass is 9.97. The summed E-state index contributed by atoms with van der Waals surface area (Å²) >= 11 is 0. The van der Waals surface area contributed by atoms with E-state index in [4.69, 9.17) is 37.9 Å². The molecule has 0 amide bonds. The van der Waals surface area contributed by atoms with E-state index < -0.39 is 149 Å². The Kier molecular flexibility index (Phi) is 21.2. The number of rotatable bonds is 23. The first kappa shape index (κ1) is 49.8. The minimum absolute atomic E-state index is 0.214. The molecule has 22 nitrogen and oxygen atoms in total. The van der Waals surface area contributed by atoms with E-state index in [1.54, 1.807) is 0 Å². The molecule has 0 bridgehead atoms. The Morgan fingerprint density at radius 3 is 0.879 bits per heavy atom. The second-order valence-corrected chi connectivity index (χ2v) is 15.3. The Balaban J connectivity index is 1.02. The van der Waals surface area contributed by atoms with Crippen molar-refractivity contribution < 1.29 is 109 Å². The Bertz CT molecular complexity index is 1040. The molecule has 4 heterocycles.